The van der Waals surface area contributed by atoms with E-state index in [1.54, 1.807) is 6.20 Å². The Labute approximate surface area is 182 Å². The van der Waals surface area contributed by atoms with Gasteiger partial charge in [-0.2, -0.15) is 0 Å². The fourth-order valence-electron chi connectivity index (χ4n) is 5.38. The van der Waals surface area contributed by atoms with E-state index in [1.165, 1.54) is 12.8 Å². The molecule has 1 atom stereocenters. The standard InChI is InChI=1S/C23H32N6O2/c30-22(16-9-13-28(14-10-16)23(31)25-18-6-1-2-7-18)29-12-4-5-17(15-29)20-26-19-8-3-11-24-21(19)27-20/h3,8,11,16-18H,1-2,4-7,9-10,12-15H2,(H,25,31)(H,24,26,27). The lowest BCUT2D eigenvalue weighted by molar-refractivity contribution is -0.138. The average molecular weight is 425 g/mol. The summed E-state index contributed by atoms with van der Waals surface area (Å²) >= 11 is 0. The van der Waals surface area contributed by atoms with Gasteiger partial charge in [0.15, 0.2) is 5.65 Å². The molecule has 1 aliphatic carbocycles. The number of pyridine rings is 1. The van der Waals surface area contributed by atoms with E-state index in [0.29, 0.717) is 25.7 Å². The summed E-state index contributed by atoms with van der Waals surface area (Å²) in [7, 11) is 0. The molecule has 4 heterocycles. The zero-order chi connectivity index (χ0) is 21.2. The Kier molecular flexibility index (Phi) is 5.78. The molecule has 1 saturated carbocycles. The van der Waals surface area contributed by atoms with Gasteiger partial charge in [-0.1, -0.05) is 12.8 Å². The molecular formula is C23H32N6O2. The van der Waals surface area contributed by atoms with Gasteiger partial charge in [-0.3, -0.25) is 4.79 Å². The average Bonchev–Trinajstić information content (AvgIpc) is 3.48. The number of H-pyrrole nitrogens is 1. The molecule has 0 radical (unpaired) electrons. The third-order valence-electron chi connectivity index (χ3n) is 7.21. The van der Waals surface area contributed by atoms with Crippen LogP contribution < -0.4 is 5.32 Å². The Morgan fingerprint density at radius 3 is 2.58 bits per heavy atom. The fourth-order valence-corrected chi connectivity index (χ4v) is 5.38. The largest absolute Gasteiger partial charge is 0.342 e. The highest BCUT2D eigenvalue weighted by atomic mass is 16.2. The number of urea groups is 1. The second-order valence-electron chi connectivity index (χ2n) is 9.31. The lowest BCUT2D eigenvalue weighted by Gasteiger charge is -2.37. The molecule has 5 rings (SSSR count). The number of hydrogen-bond donors (Lipinski definition) is 2. The molecule has 2 aromatic heterocycles. The van der Waals surface area contributed by atoms with Crippen LogP contribution in [0, 0.1) is 5.92 Å². The molecule has 3 aliphatic rings. The first kappa shape index (κ1) is 20.3. The molecule has 0 spiro atoms. The van der Waals surface area contributed by atoms with Gasteiger partial charge in [-0.25, -0.2) is 14.8 Å². The highest BCUT2D eigenvalue weighted by Gasteiger charge is 2.34. The van der Waals surface area contributed by atoms with Crippen LogP contribution in [0.3, 0.4) is 0 Å². The molecule has 2 N–H and O–H groups in total. The van der Waals surface area contributed by atoms with Gasteiger partial charge in [0.25, 0.3) is 0 Å². The Bertz CT molecular complexity index is 896. The second-order valence-corrected chi connectivity index (χ2v) is 9.31. The number of aromatic nitrogens is 3. The minimum atomic E-state index is 0.0200. The third kappa shape index (κ3) is 4.38. The molecular weight excluding hydrogens is 392 g/mol. The molecule has 8 heteroatoms. The Balaban J connectivity index is 1.15. The first-order valence-electron chi connectivity index (χ1n) is 11.8. The van der Waals surface area contributed by atoms with Gasteiger partial charge in [-0.05, 0) is 50.7 Å². The van der Waals surface area contributed by atoms with Crippen LogP contribution in [-0.4, -0.2) is 68.9 Å². The van der Waals surface area contributed by atoms with E-state index in [4.69, 9.17) is 0 Å². The molecule has 2 saturated heterocycles. The quantitative estimate of drug-likeness (QED) is 0.792. The summed E-state index contributed by atoms with van der Waals surface area (Å²) in [6.07, 6.45) is 9.90. The van der Waals surface area contributed by atoms with Gasteiger partial charge < -0.3 is 20.1 Å². The number of hydrogen-bond acceptors (Lipinski definition) is 4. The van der Waals surface area contributed by atoms with Crippen molar-refractivity contribution < 1.29 is 9.59 Å². The van der Waals surface area contributed by atoms with Crippen molar-refractivity contribution in [2.75, 3.05) is 26.2 Å². The molecule has 0 aromatic carbocycles. The van der Waals surface area contributed by atoms with Crippen LogP contribution in [0.4, 0.5) is 4.79 Å². The van der Waals surface area contributed by atoms with E-state index in [-0.39, 0.29) is 23.8 Å². The van der Waals surface area contributed by atoms with E-state index in [2.05, 4.69) is 20.3 Å². The maximum Gasteiger partial charge on any atom is 0.317 e. The number of aromatic amines is 1. The Hall–Kier alpha value is -2.64. The SMILES string of the molecule is O=C(NC1CCCC1)N1CCC(C(=O)N2CCCC(c3nc4ncccc4[nH]3)C2)CC1. The van der Waals surface area contributed by atoms with Crippen molar-refractivity contribution in [2.24, 2.45) is 5.92 Å². The molecule has 31 heavy (non-hydrogen) atoms. The maximum absolute atomic E-state index is 13.2. The maximum atomic E-state index is 13.2. The number of carbonyl (C=O) groups is 2. The van der Waals surface area contributed by atoms with Crippen LogP contribution >= 0.6 is 0 Å². The minimum Gasteiger partial charge on any atom is -0.342 e. The number of piperidine rings is 2. The van der Waals surface area contributed by atoms with Crippen molar-refractivity contribution in [3.05, 3.63) is 24.2 Å². The summed E-state index contributed by atoms with van der Waals surface area (Å²) in [5.74, 6) is 1.43. The van der Waals surface area contributed by atoms with Gasteiger partial charge in [0.1, 0.15) is 5.82 Å². The van der Waals surface area contributed by atoms with Crippen LogP contribution in [0.15, 0.2) is 18.3 Å². The monoisotopic (exact) mass is 424 g/mol. The number of amides is 3. The van der Waals surface area contributed by atoms with Crippen molar-refractivity contribution in [3.63, 3.8) is 0 Å². The van der Waals surface area contributed by atoms with E-state index >= 15 is 0 Å². The Morgan fingerprint density at radius 2 is 1.81 bits per heavy atom. The lowest BCUT2D eigenvalue weighted by Crippen LogP contribution is -2.50. The number of carbonyl (C=O) groups excluding carboxylic acids is 2. The molecule has 3 fully saturated rings. The molecule has 166 valence electrons. The second kappa shape index (κ2) is 8.85. The molecule has 2 aromatic rings. The van der Waals surface area contributed by atoms with Gasteiger partial charge in [0.05, 0.1) is 5.52 Å². The topological polar surface area (TPSA) is 94.2 Å². The molecule has 8 nitrogen and oxygen atoms in total. The van der Waals surface area contributed by atoms with Crippen LogP contribution in [0.1, 0.15) is 63.1 Å². The zero-order valence-electron chi connectivity index (χ0n) is 18.1. The number of rotatable bonds is 3. The van der Waals surface area contributed by atoms with Crippen molar-refractivity contribution in [1.29, 1.82) is 0 Å². The van der Waals surface area contributed by atoms with E-state index in [0.717, 1.165) is 62.1 Å². The number of nitrogens with one attached hydrogen (secondary N) is 2. The number of fused-ring (bicyclic) bond motifs is 1. The first-order chi connectivity index (χ1) is 15.2. The van der Waals surface area contributed by atoms with Crippen LogP contribution in [-0.2, 0) is 4.79 Å². The summed E-state index contributed by atoms with van der Waals surface area (Å²) in [5, 5.41) is 3.17. The van der Waals surface area contributed by atoms with Gasteiger partial charge >= 0.3 is 6.03 Å². The van der Waals surface area contributed by atoms with E-state index in [9.17, 15) is 9.59 Å². The first-order valence-corrected chi connectivity index (χ1v) is 11.8. The summed E-state index contributed by atoms with van der Waals surface area (Å²) in [5.41, 5.74) is 1.69. The normalized spacial score (nSPS) is 23.4. The highest BCUT2D eigenvalue weighted by Crippen LogP contribution is 2.29. The Morgan fingerprint density at radius 1 is 1.00 bits per heavy atom. The minimum absolute atomic E-state index is 0.0200. The molecule has 1 unspecified atom stereocenters. The van der Waals surface area contributed by atoms with Gasteiger partial charge in [0, 0.05) is 50.3 Å². The molecule has 0 bridgehead atoms. The number of nitrogens with zero attached hydrogens (tertiary/aromatic N) is 4. The highest BCUT2D eigenvalue weighted by molar-refractivity contribution is 5.80. The van der Waals surface area contributed by atoms with Crippen molar-refractivity contribution in [2.45, 2.75) is 63.3 Å². The predicted octanol–water partition coefficient (Wildman–Crippen LogP) is 3.03. The summed E-state index contributed by atoms with van der Waals surface area (Å²) in [4.78, 5) is 42.0. The molecule has 2 aliphatic heterocycles. The van der Waals surface area contributed by atoms with Crippen molar-refractivity contribution in [3.8, 4) is 0 Å². The summed E-state index contributed by atoms with van der Waals surface area (Å²) in [6, 6.07) is 4.28. The van der Waals surface area contributed by atoms with Gasteiger partial charge in [-0.15, -0.1) is 0 Å². The van der Waals surface area contributed by atoms with Gasteiger partial charge in [0.2, 0.25) is 5.91 Å². The van der Waals surface area contributed by atoms with Crippen molar-refractivity contribution >= 4 is 23.1 Å². The van der Waals surface area contributed by atoms with Crippen molar-refractivity contribution in [1.82, 2.24) is 30.1 Å². The summed E-state index contributed by atoms with van der Waals surface area (Å²) in [6.45, 7) is 2.86. The smallest absolute Gasteiger partial charge is 0.317 e. The summed E-state index contributed by atoms with van der Waals surface area (Å²) < 4.78 is 0. The van der Waals surface area contributed by atoms with E-state index in [1.807, 2.05) is 21.9 Å². The third-order valence-corrected chi connectivity index (χ3v) is 7.21. The zero-order valence-corrected chi connectivity index (χ0v) is 18.1. The number of likely N-dealkylation sites (tertiary alicyclic amines) is 2. The van der Waals surface area contributed by atoms with Crippen LogP contribution in [0.2, 0.25) is 0 Å². The lowest BCUT2D eigenvalue weighted by atomic mass is 9.92. The number of imidazole rings is 1. The fraction of sp³-hybridized carbons (Fsp3) is 0.652. The van der Waals surface area contributed by atoms with E-state index < -0.39 is 0 Å². The molecule has 3 amide bonds. The predicted molar refractivity (Wildman–Crippen MR) is 118 cm³/mol. The van der Waals surface area contributed by atoms with Crippen LogP contribution in [0.25, 0.3) is 11.2 Å². The van der Waals surface area contributed by atoms with Crippen LogP contribution in [0.5, 0.6) is 0 Å².